The van der Waals surface area contributed by atoms with Gasteiger partial charge >= 0.3 is 0 Å². The van der Waals surface area contributed by atoms with Gasteiger partial charge in [0.15, 0.2) is 5.78 Å². The Morgan fingerprint density at radius 3 is 2.88 bits per heavy atom. The Balaban J connectivity index is 3.04. The number of nitriles is 1. The number of hydrogen-bond donors (Lipinski definition) is 0. The largest absolute Gasteiger partial charge is 0.293 e. The Bertz CT molecular complexity index is 439. The summed E-state index contributed by atoms with van der Waals surface area (Å²) >= 11 is 7.93. The van der Waals surface area contributed by atoms with E-state index in [1.54, 1.807) is 18.2 Å². The molecular formula is C12H11ClINO. The molecule has 0 aromatic heterocycles. The predicted molar refractivity (Wildman–Crippen MR) is 72.5 cm³/mol. The van der Waals surface area contributed by atoms with Gasteiger partial charge in [-0.25, -0.2) is 0 Å². The third kappa shape index (κ3) is 3.19. The first-order valence-corrected chi connectivity index (χ1v) is 6.44. The zero-order valence-electron chi connectivity index (χ0n) is 8.84. The summed E-state index contributed by atoms with van der Waals surface area (Å²) < 4.78 is 0.836. The SMILES string of the molecule is CCCC(C#N)C(=O)c1cc(Cl)ccc1I. The van der Waals surface area contributed by atoms with Crippen LogP contribution in [-0.2, 0) is 0 Å². The molecule has 1 aromatic rings. The van der Waals surface area contributed by atoms with Crippen LogP contribution in [0.4, 0.5) is 0 Å². The number of nitrogens with zero attached hydrogens (tertiary/aromatic N) is 1. The van der Waals surface area contributed by atoms with Gasteiger partial charge in [0.2, 0.25) is 0 Å². The van der Waals surface area contributed by atoms with Crippen molar-refractivity contribution in [3.05, 3.63) is 32.4 Å². The molecule has 2 nitrogen and oxygen atoms in total. The lowest BCUT2D eigenvalue weighted by molar-refractivity contribution is 0.0942. The van der Waals surface area contributed by atoms with E-state index in [0.717, 1.165) is 9.99 Å². The van der Waals surface area contributed by atoms with Crippen molar-refractivity contribution >= 4 is 40.0 Å². The number of hydrogen-bond acceptors (Lipinski definition) is 2. The van der Waals surface area contributed by atoms with Crippen LogP contribution in [-0.4, -0.2) is 5.78 Å². The second kappa shape index (κ2) is 6.21. The van der Waals surface area contributed by atoms with Gasteiger partial charge in [0.25, 0.3) is 0 Å². The smallest absolute Gasteiger partial charge is 0.181 e. The van der Waals surface area contributed by atoms with E-state index >= 15 is 0 Å². The molecule has 1 aromatic carbocycles. The Morgan fingerprint density at radius 1 is 1.62 bits per heavy atom. The summed E-state index contributed by atoms with van der Waals surface area (Å²) in [5.41, 5.74) is 0.549. The van der Waals surface area contributed by atoms with Crippen LogP contribution in [0, 0.1) is 20.8 Å². The summed E-state index contributed by atoms with van der Waals surface area (Å²) in [6.45, 7) is 1.96. The zero-order chi connectivity index (χ0) is 12.1. The third-order valence-corrected chi connectivity index (χ3v) is 3.42. The van der Waals surface area contributed by atoms with Gasteiger partial charge in [0.05, 0.1) is 6.07 Å². The lowest BCUT2D eigenvalue weighted by Gasteiger charge is -2.08. The average Bonchev–Trinajstić information content (AvgIpc) is 2.28. The average molecular weight is 348 g/mol. The fourth-order valence-electron chi connectivity index (χ4n) is 1.42. The molecule has 0 aliphatic heterocycles. The quantitative estimate of drug-likeness (QED) is 0.608. The molecule has 0 aliphatic carbocycles. The van der Waals surface area contributed by atoms with E-state index in [1.807, 2.05) is 6.92 Å². The van der Waals surface area contributed by atoms with Crippen LogP contribution in [0.3, 0.4) is 0 Å². The van der Waals surface area contributed by atoms with Crippen molar-refractivity contribution in [2.24, 2.45) is 5.92 Å². The van der Waals surface area contributed by atoms with Gasteiger partial charge in [-0.1, -0.05) is 24.9 Å². The topological polar surface area (TPSA) is 40.9 Å². The van der Waals surface area contributed by atoms with E-state index in [2.05, 4.69) is 28.7 Å². The first kappa shape index (κ1) is 13.5. The predicted octanol–water partition coefficient (Wildman–Crippen LogP) is 4.07. The molecule has 0 amide bonds. The van der Waals surface area contributed by atoms with Crippen LogP contribution in [0.25, 0.3) is 0 Å². The Hall–Kier alpha value is -0.600. The standard InChI is InChI=1S/C12H11ClINO/c1-2-3-8(7-15)12(16)10-6-9(13)4-5-11(10)14/h4-6,8H,2-3H2,1H3. The highest BCUT2D eigenvalue weighted by Gasteiger charge is 2.20. The zero-order valence-corrected chi connectivity index (χ0v) is 11.7. The summed E-state index contributed by atoms with van der Waals surface area (Å²) in [6, 6.07) is 7.21. The number of Topliss-reactive ketones (excluding diaryl/α,β-unsaturated/α-hetero) is 1. The highest BCUT2D eigenvalue weighted by atomic mass is 127. The van der Waals surface area contributed by atoms with Crippen LogP contribution in [0.2, 0.25) is 5.02 Å². The molecule has 0 bridgehead atoms. The number of carbonyl (C=O) groups excluding carboxylic acids is 1. The van der Waals surface area contributed by atoms with E-state index in [4.69, 9.17) is 16.9 Å². The fourth-order valence-corrected chi connectivity index (χ4v) is 2.19. The molecule has 0 saturated heterocycles. The molecule has 0 aliphatic rings. The highest BCUT2D eigenvalue weighted by Crippen LogP contribution is 2.22. The second-order valence-corrected chi connectivity index (χ2v) is 5.06. The van der Waals surface area contributed by atoms with Gasteiger partial charge < -0.3 is 0 Å². The maximum atomic E-state index is 12.1. The molecule has 1 unspecified atom stereocenters. The van der Waals surface area contributed by atoms with Crippen molar-refractivity contribution in [3.63, 3.8) is 0 Å². The van der Waals surface area contributed by atoms with Gasteiger partial charge in [0, 0.05) is 14.2 Å². The Labute approximate surface area is 114 Å². The van der Waals surface area contributed by atoms with Crippen molar-refractivity contribution < 1.29 is 4.79 Å². The summed E-state index contributed by atoms with van der Waals surface area (Å²) in [5.74, 6) is -0.687. The molecule has 0 spiro atoms. The van der Waals surface area contributed by atoms with Crippen molar-refractivity contribution in [3.8, 4) is 6.07 Å². The van der Waals surface area contributed by atoms with Gasteiger partial charge in [0.1, 0.15) is 5.92 Å². The van der Waals surface area contributed by atoms with Crippen LogP contribution in [0.5, 0.6) is 0 Å². The van der Waals surface area contributed by atoms with Crippen molar-refractivity contribution in [1.82, 2.24) is 0 Å². The molecule has 0 heterocycles. The van der Waals surface area contributed by atoms with Crippen LogP contribution < -0.4 is 0 Å². The first-order valence-electron chi connectivity index (χ1n) is 4.99. The number of ketones is 1. The summed E-state index contributed by atoms with van der Waals surface area (Å²) in [4.78, 5) is 12.1. The van der Waals surface area contributed by atoms with Crippen molar-refractivity contribution in [2.45, 2.75) is 19.8 Å². The van der Waals surface area contributed by atoms with E-state index in [1.165, 1.54) is 0 Å². The van der Waals surface area contributed by atoms with Crippen LogP contribution in [0.1, 0.15) is 30.1 Å². The van der Waals surface area contributed by atoms with Crippen molar-refractivity contribution in [2.75, 3.05) is 0 Å². The van der Waals surface area contributed by atoms with E-state index in [-0.39, 0.29) is 5.78 Å². The van der Waals surface area contributed by atoms with E-state index < -0.39 is 5.92 Å². The van der Waals surface area contributed by atoms with Crippen LogP contribution >= 0.6 is 34.2 Å². The van der Waals surface area contributed by atoms with E-state index in [9.17, 15) is 4.79 Å². The maximum absolute atomic E-state index is 12.1. The lowest BCUT2D eigenvalue weighted by Crippen LogP contribution is -2.14. The van der Waals surface area contributed by atoms with Gasteiger partial charge in [-0.2, -0.15) is 5.26 Å². The molecular weight excluding hydrogens is 336 g/mol. The molecule has 0 N–H and O–H groups in total. The second-order valence-electron chi connectivity index (χ2n) is 3.46. The Kier molecular flexibility index (Phi) is 5.23. The number of halogens is 2. The van der Waals surface area contributed by atoms with Gasteiger partial charge in [-0.3, -0.25) is 4.79 Å². The molecule has 4 heteroatoms. The lowest BCUT2D eigenvalue weighted by atomic mass is 9.95. The third-order valence-electron chi connectivity index (χ3n) is 2.24. The minimum atomic E-state index is -0.558. The highest BCUT2D eigenvalue weighted by molar-refractivity contribution is 14.1. The molecule has 0 radical (unpaired) electrons. The normalized spacial score (nSPS) is 11.9. The molecule has 1 atom stereocenters. The fraction of sp³-hybridized carbons (Fsp3) is 0.333. The summed E-state index contributed by atoms with van der Waals surface area (Å²) in [5, 5.41) is 9.47. The number of rotatable bonds is 4. The minimum Gasteiger partial charge on any atom is -0.293 e. The molecule has 0 fully saturated rings. The summed E-state index contributed by atoms with van der Waals surface area (Å²) in [6.07, 6.45) is 1.42. The van der Waals surface area contributed by atoms with E-state index in [0.29, 0.717) is 17.0 Å². The van der Waals surface area contributed by atoms with Gasteiger partial charge in [-0.05, 0) is 47.2 Å². The first-order chi connectivity index (χ1) is 7.60. The maximum Gasteiger partial charge on any atom is 0.181 e. The molecule has 0 saturated carbocycles. The monoisotopic (exact) mass is 347 g/mol. The molecule has 84 valence electrons. The Morgan fingerprint density at radius 2 is 2.31 bits per heavy atom. The minimum absolute atomic E-state index is 0.128. The van der Waals surface area contributed by atoms with Crippen molar-refractivity contribution in [1.29, 1.82) is 5.26 Å². The molecule has 16 heavy (non-hydrogen) atoms. The summed E-state index contributed by atoms with van der Waals surface area (Å²) in [7, 11) is 0. The number of carbonyl (C=O) groups is 1. The molecule has 1 rings (SSSR count). The van der Waals surface area contributed by atoms with Crippen LogP contribution in [0.15, 0.2) is 18.2 Å². The van der Waals surface area contributed by atoms with Gasteiger partial charge in [-0.15, -0.1) is 0 Å². The number of benzene rings is 1.